The number of aryl methyl sites for hydroxylation is 3. The van der Waals surface area contributed by atoms with E-state index >= 15 is 0 Å². The fraction of sp³-hybridized carbons (Fsp3) is 0.308. The van der Waals surface area contributed by atoms with Crippen LogP contribution in [0, 0.1) is 6.92 Å². The van der Waals surface area contributed by atoms with Gasteiger partial charge in [0.25, 0.3) is 5.91 Å². The van der Waals surface area contributed by atoms with Gasteiger partial charge in [0.2, 0.25) is 5.95 Å². The van der Waals surface area contributed by atoms with Crippen molar-refractivity contribution in [3.8, 4) is 22.6 Å². The van der Waals surface area contributed by atoms with Crippen LogP contribution in [0.4, 0.5) is 11.6 Å². The van der Waals surface area contributed by atoms with Crippen molar-refractivity contribution in [1.29, 1.82) is 0 Å². The van der Waals surface area contributed by atoms with Gasteiger partial charge in [-0.15, -0.1) is 5.10 Å². The van der Waals surface area contributed by atoms with Gasteiger partial charge < -0.3 is 15.2 Å². The number of nitrogens with zero attached hydrogens (tertiary/aromatic N) is 5. The van der Waals surface area contributed by atoms with E-state index in [1.807, 2.05) is 25.2 Å². The van der Waals surface area contributed by atoms with Gasteiger partial charge in [0.05, 0.1) is 5.69 Å². The van der Waals surface area contributed by atoms with E-state index in [2.05, 4.69) is 58.7 Å². The maximum absolute atomic E-state index is 12.0. The molecule has 8 nitrogen and oxygen atoms in total. The zero-order chi connectivity index (χ0) is 23.4. The van der Waals surface area contributed by atoms with Crippen LogP contribution in [-0.2, 0) is 20.5 Å². The molecule has 172 valence electrons. The summed E-state index contributed by atoms with van der Waals surface area (Å²) in [7, 11) is 3.96. The third-order valence-electron chi connectivity index (χ3n) is 6.66. The number of rotatable bonds is 5. The van der Waals surface area contributed by atoms with Gasteiger partial charge in [-0.25, -0.2) is 9.67 Å². The molecule has 2 aromatic carbocycles. The van der Waals surface area contributed by atoms with Gasteiger partial charge in [0.1, 0.15) is 5.82 Å². The molecule has 0 atom stereocenters. The number of amides is 1. The molecule has 2 aliphatic rings. The second-order valence-electron chi connectivity index (χ2n) is 9.28. The maximum atomic E-state index is 12.0. The summed E-state index contributed by atoms with van der Waals surface area (Å²) in [6.07, 6.45) is 5.43. The largest absolute Gasteiger partial charge is 0.352 e. The molecule has 0 saturated heterocycles. The summed E-state index contributed by atoms with van der Waals surface area (Å²) in [6, 6.07) is 12.1. The Kier molecular flexibility index (Phi) is 4.76. The molecular weight excluding hydrogens is 426 g/mol. The van der Waals surface area contributed by atoms with Crippen molar-refractivity contribution in [1.82, 2.24) is 29.6 Å². The van der Waals surface area contributed by atoms with E-state index < -0.39 is 0 Å². The lowest BCUT2D eigenvalue weighted by atomic mass is 10.00. The molecule has 6 rings (SSSR count). The molecule has 8 heteroatoms. The minimum Gasteiger partial charge on any atom is -0.352 e. The van der Waals surface area contributed by atoms with Crippen molar-refractivity contribution in [2.45, 2.75) is 32.1 Å². The first-order valence-corrected chi connectivity index (χ1v) is 11.7. The van der Waals surface area contributed by atoms with Crippen molar-refractivity contribution in [3.63, 3.8) is 0 Å². The van der Waals surface area contributed by atoms with E-state index in [9.17, 15) is 4.79 Å². The van der Waals surface area contributed by atoms with Crippen LogP contribution in [0.3, 0.4) is 0 Å². The van der Waals surface area contributed by atoms with Crippen LogP contribution >= 0.6 is 0 Å². The van der Waals surface area contributed by atoms with E-state index in [0.717, 1.165) is 45.6 Å². The third kappa shape index (κ3) is 3.65. The van der Waals surface area contributed by atoms with E-state index in [-0.39, 0.29) is 5.91 Å². The second-order valence-corrected chi connectivity index (χ2v) is 9.28. The number of hydrogen-bond donors (Lipinski definition) is 2. The fourth-order valence-electron chi connectivity index (χ4n) is 4.67. The summed E-state index contributed by atoms with van der Waals surface area (Å²) in [4.78, 5) is 21.6. The first-order valence-electron chi connectivity index (χ1n) is 11.7. The Bertz CT molecular complexity index is 1430. The Morgan fingerprint density at radius 2 is 1.88 bits per heavy atom. The number of carbonyl (C=O) groups excluding carboxylic acids is 1. The molecule has 34 heavy (non-hydrogen) atoms. The summed E-state index contributed by atoms with van der Waals surface area (Å²) in [5.74, 6) is 3.10. The molecule has 0 bridgehead atoms. The lowest BCUT2D eigenvalue weighted by molar-refractivity contribution is 0.0946. The zero-order valence-corrected chi connectivity index (χ0v) is 19.6. The summed E-state index contributed by atoms with van der Waals surface area (Å²) in [6.45, 7) is 2.77. The average molecular weight is 454 g/mol. The average Bonchev–Trinajstić information content (AvgIpc) is 3.50. The predicted molar refractivity (Wildman–Crippen MR) is 131 cm³/mol. The molecule has 0 spiro atoms. The SMILES string of the molecule is Cc1cc(-c2nc(Nc3ccc4c(c3)CCNC4=O)n(C)n2)ccc1-c1cn(C)c(C2CC2)n1. The number of nitrogens with one attached hydrogen (secondary N) is 2. The molecule has 1 saturated carbocycles. The Morgan fingerprint density at radius 3 is 2.68 bits per heavy atom. The lowest BCUT2D eigenvalue weighted by Crippen LogP contribution is -2.31. The molecule has 2 aromatic heterocycles. The Morgan fingerprint density at radius 1 is 1.06 bits per heavy atom. The van der Waals surface area contributed by atoms with Crippen molar-refractivity contribution in [3.05, 3.63) is 65.1 Å². The van der Waals surface area contributed by atoms with Crippen LogP contribution in [0.25, 0.3) is 22.6 Å². The lowest BCUT2D eigenvalue weighted by Gasteiger charge is -2.17. The molecule has 4 aromatic rings. The number of anilines is 2. The number of fused-ring (bicyclic) bond motifs is 1. The Balaban J connectivity index is 1.25. The van der Waals surface area contributed by atoms with Crippen LogP contribution in [0.15, 0.2) is 42.6 Å². The van der Waals surface area contributed by atoms with Crippen molar-refractivity contribution in [2.24, 2.45) is 14.1 Å². The molecular formula is C26H27N7O. The molecule has 0 unspecified atom stereocenters. The predicted octanol–water partition coefficient (Wildman–Crippen LogP) is 4.10. The highest BCUT2D eigenvalue weighted by Crippen LogP contribution is 2.40. The Labute approximate surface area is 198 Å². The van der Waals surface area contributed by atoms with Crippen LogP contribution < -0.4 is 10.6 Å². The highest BCUT2D eigenvalue weighted by atomic mass is 16.1. The first kappa shape index (κ1) is 20.7. The highest BCUT2D eigenvalue weighted by Gasteiger charge is 2.28. The second kappa shape index (κ2) is 7.83. The van der Waals surface area contributed by atoms with Gasteiger partial charge in [-0.1, -0.05) is 12.1 Å². The first-order chi connectivity index (χ1) is 16.5. The molecule has 1 aliphatic heterocycles. The summed E-state index contributed by atoms with van der Waals surface area (Å²) in [5.41, 5.74) is 6.94. The maximum Gasteiger partial charge on any atom is 0.251 e. The number of benzene rings is 2. The number of hydrogen-bond acceptors (Lipinski definition) is 5. The monoisotopic (exact) mass is 453 g/mol. The fourth-order valence-corrected chi connectivity index (χ4v) is 4.67. The zero-order valence-electron chi connectivity index (χ0n) is 19.6. The number of imidazole rings is 1. The van der Waals surface area contributed by atoms with E-state index in [4.69, 9.17) is 9.97 Å². The topological polar surface area (TPSA) is 89.7 Å². The summed E-state index contributed by atoms with van der Waals surface area (Å²) in [5, 5.41) is 10.9. The van der Waals surface area contributed by atoms with Gasteiger partial charge in [0, 0.05) is 55.1 Å². The van der Waals surface area contributed by atoms with Gasteiger partial charge in [-0.3, -0.25) is 4.79 Å². The van der Waals surface area contributed by atoms with Crippen molar-refractivity contribution >= 4 is 17.5 Å². The summed E-state index contributed by atoms with van der Waals surface area (Å²) < 4.78 is 3.90. The van der Waals surface area contributed by atoms with Gasteiger partial charge in [0.15, 0.2) is 5.82 Å². The molecule has 0 radical (unpaired) electrons. The van der Waals surface area contributed by atoms with Crippen LogP contribution in [0.1, 0.15) is 46.1 Å². The van der Waals surface area contributed by atoms with E-state index in [0.29, 0.717) is 24.2 Å². The smallest absolute Gasteiger partial charge is 0.251 e. The van der Waals surface area contributed by atoms with Gasteiger partial charge in [-0.2, -0.15) is 4.98 Å². The van der Waals surface area contributed by atoms with Crippen LogP contribution in [-0.4, -0.2) is 36.8 Å². The Hall–Kier alpha value is -3.94. The van der Waals surface area contributed by atoms with Crippen molar-refractivity contribution in [2.75, 3.05) is 11.9 Å². The van der Waals surface area contributed by atoms with Gasteiger partial charge in [-0.05, 0) is 61.6 Å². The van der Waals surface area contributed by atoms with Crippen LogP contribution in [0.2, 0.25) is 0 Å². The number of carbonyl (C=O) groups is 1. The third-order valence-corrected chi connectivity index (χ3v) is 6.66. The molecule has 2 N–H and O–H groups in total. The number of aromatic nitrogens is 5. The standard InChI is InChI=1S/C26H27N7O/c1-15-12-18(6-8-20(15)22-14-32(2)24(29-22)16-4-5-16)23-30-26(33(3)31-23)28-19-7-9-21-17(13-19)10-11-27-25(21)34/h6-9,12-14,16H,4-5,10-11H2,1-3H3,(H,27,34)(H,28,30,31). The molecule has 1 amide bonds. The minimum absolute atomic E-state index is 0.0120. The van der Waals surface area contributed by atoms with E-state index in [1.165, 1.54) is 18.7 Å². The minimum atomic E-state index is -0.0120. The van der Waals surface area contributed by atoms with Gasteiger partial charge >= 0.3 is 0 Å². The van der Waals surface area contributed by atoms with Crippen molar-refractivity contribution < 1.29 is 4.79 Å². The van der Waals surface area contributed by atoms with Crippen LogP contribution in [0.5, 0.6) is 0 Å². The normalized spacial score (nSPS) is 15.2. The highest BCUT2D eigenvalue weighted by molar-refractivity contribution is 5.97. The van der Waals surface area contributed by atoms with E-state index in [1.54, 1.807) is 4.68 Å². The molecule has 1 aliphatic carbocycles. The quantitative estimate of drug-likeness (QED) is 0.475. The molecule has 3 heterocycles. The molecule has 1 fully saturated rings. The summed E-state index contributed by atoms with van der Waals surface area (Å²) >= 11 is 0.